The summed E-state index contributed by atoms with van der Waals surface area (Å²) in [5.74, 6) is 0. The van der Waals surface area contributed by atoms with Gasteiger partial charge in [0.1, 0.15) is 0 Å². The van der Waals surface area contributed by atoms with Crippen molar-refractivity contribution in [1.82, 2.24) is 4.31 Å². The molecule has 1 heterocycles. The summed E-state index contributed by atoms with van der Waals surface area (Å²) in [7, 11) is -3.55. The molecular formula is C24H21IN2O2S. The lowest BCUT2D eigenvalue weighted by Gasteiger charge is -2.29. The summed E-state index contributed by atoms with van der Waals surface area (Å²) >= 11 is 2.22. The van der Waals surface area contributed by atoms with Crippen LogP contribution in [0.4, 0.5) is 0 Å². The van der Waals surface area contributed by atoms with Crippen LogP contribution >= 0.6 is 22.6 Å². The van der Waals surface area contributed by atoms with Gasteiger partial charge in [-0.1, -0.05) is 30.3 Å². The van der Waals surface area contributed by atoms with Gasteiger partial charge in [0.05, 0.1) is 16.5 Å². The summed E-state index contributed by atoms with van der Waals surface area (Å²) in [6.45, 7) is 4.58. The Kier molecular flexibility index (Phi) is 5.71. The van der Waals surface area contributed by atoms with Crippen molar-refractivity contribution in [1.29, 1.82) is 5.26 Å². The lowest BCUT2D eigenvalue weighted by Crippen LogP contribution is -2.36. The van der Waals surface area contributed by atoms with Gasteiger partial charge in [0, 0.05) is 16.7 Å². The smallest absolute Gasteiger partial charge is 0.207 e. The molecule has 0 saturated heterocycles. The molecule has 0 radical (unpaired) electrons. The first-order valence-electron chi connectivity index (χ1n) is 9.69. The number of rotatable bonds is 3. The predicted octanol–water partition coefficient (Wildman–Crippen LogP) is 5.19. The van der Waals surface area contributed by atoms with Crippen LogP contribution in [-0.2, 0) is 23.0 Å². The van der Waals surface area contributed by atoms with Crippen molar-refractivity contribution in [3.05, 3.63) is 86.0 Å². The summed E-state index contributed by atoms with van der Waals surface area (Å²) < 4.78 is 29.4. The van der Waals surface area contributed by atoms with Crippen LogP contribution in [0, 0.1) is 28.7 Å². The fraction of sp³-hybridized carbons (Fsp3) is 0.208. The molecule has 0 aliphatic carbocycles. The summed E-state index contributed by atoms with van der Waals surface area (Å²) in [4.78, 5) is 0.431. The molecule has 4 nitrogen and oxygen atoms in total. The van der Waals surface area contributed by atoms with E-state index in [9.17, 15) is 8.42 Å². The molecule has 152 valence electrons. The molecule has 0 saturated carbocycles. The minimum Gasteiger partial charge on any atom is -0.207 e. The zero-order valence-corrected chi connectivity index (χ0v) is 19.8. The average molecular weight is 528 g/mol. The van der Waals surface area contributed by atoms with Crippen LogP contribution in [0.2, 0.25) is 0 Å². The third-order valence-corrected chi connectivity index (χ3v) is 8.33. The molecule has 0 atom stereocenters. The first-order chi connectivity index (χ1) is 14.3. The lowest BCUT2D eigenvalue weighted by atomic mass is 9.95. The molecule has 0 bridgehead atoms. The third-order valence-electron chi connectivity index (χ3n) is 5.55. The van der Waals surface area contributed by atoms with E-state index in [1.807, 2.05) is 62.4 Å². The second kappa shape index (κ2) is 8.14. The highest BCUT2D eigenvalue weighted by Crippen LogP contribution is 2.31. The van der Waals surface area contributed by atoms with Gasteiger partial charge in [-0.25, -0.2) is 8.42 Å². The van der Waals surface area contributed by atoms with Crippen LogP contribution in [0.3, 0.4) is 0 Å². The SMILES string of the molecule is Cc1cc(I)cc(C)c1S(=O)(=O)N1CCc2cc(-c3ccc(C#N)cc3)ccc2C1. The third kappa shape index (κ3) is 3.89. The van der Waals surface area contributed by atoms with Crippen molar-refractivity contribution in [3.63, 3.8) is 0 Å². The molecular weight excluding hydrogens is 507 g/mol. The van der Waals surface area contributed by atoms with E-state index in [0.717, 1.165) is 31.4 Å². The fourth-order valence-corrected chi connectivity index (χ4v) is 6.85. The minimum atomic E-state index is -3.55. The maximum Gasteiger partial charge on any atom is 0.243 e. The van der Waals surface area contributed by atoms with E-state index in [-0.39, 0.29) is 0 Å². The van der Waals surface area contributed by atoms with Gasteiger partial charge < -0.3 is 0 Å². The van der Waals surface area contributed by atoms with E-state index < -0.39 is 10.0 Å². The topological polar surface area (TPSA) is 61.2 Å². The number of benzene rings is 3. The van der Waals surface area contributed by atoms with Crippen LogP contribution in [0.5, 0.6) is 0 Å². The molecule has 0 unspecified atom stereocenters. The Morgan fingerprint density at radius 3 is 2.20 bits per heavy atom. The highest BCUT2D eigenvalue weighted by Gasteiger charge is 2.31. The first-order valence-corrected chi connectivity index (χ1v) is 12.2. The number of fused-ring (bicyclic) bond motifs is 1. The van der Waals surface area contributed by atoms with E-state index in [0.29, 0.717) is 30.0 Å². The van der Waals surface area contributed by atoms with E-state index in [2.05, 4.69) is 34.7 Å². The van der Waals surface area contributed by atoms with Gasteiger partial charge in [0.25, 0.3) is 0 Å². The Labute approximate surface area is 191 Å². The quantitative estimate of drug-likeness (QED) is 0.440. The number of nitriles is 1. The fourth-order valence-electron chi connectivity index (χ4n) is 4.08. The zero-order valence-electron chi connectivity index (χ0n) is 16.8. The van der Waals surface area contributed by atoms with Gasteiger partial charge >= 0.3 is 0 Å². The number of hydrogen-bond acceptors (Lipinski definition) is 3. The summed E-state index contributed by atoms with van der Waals surface area (Å²) in [6, 6.07) is 19.7. The highest BCUT2D eigenvalue weighted by molar-refractivity contribution is 14.1. The Bertz CT molecular complexity index is 1250. The zero-order chi connectivity index (χ0) is 21.5. The normalized spacial score (nSPS) is 14.2. The Hall–Kier alpha value is -2.21. The second-order valence-corrected chi connectivity index (χ2v) is 10.8. The van der Waals surface area contributed by atoms with Crippen molar-refractivity contribution in [2.75, 3.05) is 6.54 Å². The molecule has 1 aliphatic rings. The van der Waals surface area contributed by atoms with Gasteiger partial charge in [0.2, 0.25) is 10.0 Å². The molecule has 3 aromatic carbocycles. The summed E-state index contributed by atoms with van der Waals surface area (Å²) in [5, 5.41) is 8.97. The van der Waals surface area contributed by atoms with Crippen molar-refractivity contribution in [2.24, 2.45) is 0 Å². The second-order valence-electron chi connectivity index (χ2n) is 7.63. The Balaban J connectivity index is 1.63. The van der Waals surface area contributed by atoms with E-state index in [4.69, 9.17) is 5.26 Å². The van der Waals surface area contributed by atoms with Gasteiger partial charge in [0.15, 0.2) is 0 Å². The van der Waals surface area contributed by atoms with Crippen molar-refractivity contribution < 1.29 is 8.42 Å². The molecule has 1 aliphatic heterocycles. The Morgan fingerprint density at radius 2 is 1.57 bits per heavy atom. The van der Waals surface area contributed by atoms with Gasteiger partial charge in [-0.2, -0.15) is 9.57 Å². The summed E-state index contributed by atoms with van der Waals surface area (Å²) in [5.41, 5.74) is 6.58. The van der Waals surface area contributed by atoms with Crippen LogP contribution in [0.1, 0.15) is 27.8 Å². The van der Waals surface area contributed by atoms with Crippen molar-refractivity contribution >= 4 is 32.6 Å². The van der Waals surface area contributed by atoms with E-state index >= 15 is 0 Å². The van der Waals surface area contributed by atoms with Crippen molar-refractivity contribution in [2.45, 2.75) is 31.7 Å². The molecule has 4 rings (SSSR count). The standard InChI is InChI=1S/C24H21IN2O2S/c1-16-11-23(25)12-17(2)24(16)30(28,29)27-10-9-21-13-20(7-8-22(21)15-27)19-5-3-18(14-26)4-6-19/h3-8,11-13H,9-10,15H2,1-2H3. The predicted molar refractivity (Wildman–Crippen MR) is 127 cm³/mol. The molecule has 6 heteroatoms. The highest BCUT2D eigenvalue weighted by atomic mass is 127. The molecule has 30 heavy (non-hydrogen) atoms. The molecule has 3 aromatic rings. The monoisotopic (exact) mass is 528 g/mol. The number of halogens is 1. The van der Waals surface area contributed by atoms with Crippen LogP contribution in [-0.4, -0.2) is 19.3 Å². The first kappa shape index (κ1) is 21.0. The minimum absolute atomic E-state index is 0.385. The number of hydrogen-bond donors (Lipinski definition) is 0. The van der Waals surface area contributed by atoms with E-state index in [1.165, 1.54) is 5.56 Å². The number of sulfonamides is 1. The van der Waals surface area contributed by atoms with Crippen molar-refractivity contribution in [3.8, 4) is 17.2 Å². The molecule has 0 spiro atoms. The van der Waals surface area contributed by atoms with Crippen LogP contribution in [0.25, 0.3) is 11.1 Å². The Morgan fingerprint density at radius 1 is 0.933 bits per heavy atom. The van der Waals surface area contributed by atoms with Gasteiger partial charge in [-0.05, 0) is 101 Å². The average Bonchev–Trinajstić information content (AvgIpc) is 2.72. The largest absolute Gasteiger partial charge is 0.243 e. The van der Waals surface area contributed by atoms with Crippen LogP contribution in [0.15, 0.2) is 59.5 Å². The molecule has 0 fully saturated rings. The van der Waals surface area contributed by atoms with Crippen LogP contribution < -0.4 is 0 Å². The number of nitrogens with zero attached hydrogens (tertiary/aromatic N) is 2. The lowest BCUT2D eigenvalue weighted by molar-refractivity contribution is 0.391. The maximum absolute atomic E-state index is 13.4. The molecule has 0 amide bonds. The van der Waals surface area contributed by atoms with E-state index in [1.54, 1.807) is 4.31 Å². The van der Waals surface area contributed by atoms with Gasteiger partial charge in [-0.3, -0.25) is 0 Å². The molecule has 0 aromatic heterocycles. The maximum atomic E-state index is 13.4. The molecule has 0 N–H and O–H groups in total. The summed E-state index contributed by atoms with van der Waals surface area (Å²) in [6.07, 6.45) is 0.682. The number of aryl methyl sites for hydroxylation is 2. The van der Waals surface area contributed by atoms with Gasteiger partial charge in [-0.15, -0.1) is 0 Å².